The Morgan fingerprint density at radius 2 is 1.90 bits per heavy atom. The van der Waals surface area contributed by atoms with Gasteiger partial charge in [0.05, 0.1) is 5.56 Å². The second kappa shape index (κ2) is 8.12. The van der Waals surface area contributed by atoms with Gasteiger partial charge in [-0.05, 0) is 51.7 Å². The van der Waals surface area contributed by atoms with E-state index in [2.05, 4.69) is 25.4 Å². The van der Waals surface area contributed by atoms with Gasteiger partial charge in [0.2, 0.25) is 11.7 Å². The Balaban J connectivity index is 1.31. The zero-order chi connectivity index (χ0) is 22.2. The first-order valence-corrected chi connectivity index (χ1v) is 9.91. The third-order valence-electron chi connectivity index (χ3n) is 5.18. The highest BCUT2D eigenvalue weighted by molar-refractivity contribution is 5.91. The third kappa shape index (κ3) is 4.75. The number of ether oxygens (including phenoxy) is 1. The molecule has 4 rings (SSSR count). The van der Waals surface area contributed by atoms with Crippen molar-refractivity contribution in [2.24, 2.45) is 0 Å². The molecule has 0 bridgehead atoms. The van der Waals surface area contributed by atoms with Gasteiger partial charge < -0.3 is 10.1 Å². The van der Waals surface area contributed by atoms with Gasteiger partial charge in [-0.1, -0.05) is 0 Å². The summed E-state index contributed by atoms with van der Waals surface area (Å²) in [7, 11) is 0. The van der Waals surface area contributed by atoms with E-state index in [1.807, 2.05) is 19.9 Å². The number of carbonyl (C=O) groups excluding carboxylic acids is 1. The first-order valence-electron chi connectivity index (χ1n) is 9.91. The number of hydrogen-bond acceptors (Lipinski definition) is 6. The number of fused-ring (bicyclic) bond motifs is 1. The first kappa shape index (κ1) is 21.0. The lowest BCUT2D eigenvalue weighted by atomic mass is 9.93. The first-order chi connectivity index (χ1) is 14.7. The van der Waals surface area contributed by atoms with Crippen molar-refractivity contribution >= 4 is 11.7 Å². The van der Waals surface area contributed by atoms with E-state index in [-0.39, 0.29) is 29.8 Å². The molecule has 0 radical (unpaired) electrons. The summed E-state index contributed by atoms with van der Waals surface area (Å²) in [5, 5.41) is 7.17. The smallest absolute Gasteiger partial charge is 0.417 e. The summed E-state index contributed by atoms with van der Waals surface area (Å²) in [6.07, 6.45) is -1.20. The molecule has 3 aromatic rings. The lowest BCUT2D eigenvalue weighted by Crippen LogP contribution is -2.40. The Bertz CT molecular complexity index is 1090. The van der Waals surface area contributed by atoms with E-state index in [1.165, 1.54) is 10.6 Å². The minimum Gasteiger partial charge on any atom is -0.474 e. The monoisotopic (exact) mass is 434 g/mol. The van der Waals surface area contributed by atoms with E-state index < -0.39 is 11.7 Å². The number of halogens is 3. The predicted molar refractivity (Wildman–Crippen MR) is 104 cm³/mol. The molecule has 11 heteroatoms. The van der Waals surface area contributed by atoms with Crippen LogP contribution in [-0.2, 0) is 6.18 Å². The normalized spacial score (nSPS) is 19.4. The average molecular weight is 434 g/mol. The molecule has 3 aromatic heterocycles. The van der Waals surface area contributed by atoms with Gasteiger partial charge in [-0.2, -0.15) is 18.2 Å². The van der Waals surface area contributed by atoms with Crippen LogP contribution in [0.25, 0.3) is 5.78 Å². The molecule has 1 aliphatic rings. The average Bonchev–Trinajstić information content (AvgIpc) is 3.14. The van der Waals surface area contributed by atoms with Gasteiger partial charge in [0.15, 0.2) is 0 Å². The van der Waals surface area contributed by atoms with Crippen LogP contribution < -0.4 is 10.1 Å². The summed E-state index contributed by atoms with van der Waals surface area (Å²) in [5.41, 5.74) is 0.821. The van der Waals surface area contributed by atoms with E-state index in [4.69, 9.17) is 4.74 Å². The summed E-state index contributed by atoms with van der Waals surface area (Å²) < 4.78 is 45.1. The number of nitrogens with zero attached hydrogens (tertiary/aromatic N) is 5. The molecule has 0 saturated heterocycles. The summed E-state index contributed by atoms with van der Waals surface area (Å²) in [4.78, 5) is 24.8. The number of rotatable bonds is 4. The molecule has 8 nitrogen and oxygen atoms in total. The summed E-state index contributed by atoms with van der Waals surface area (Å²) >= 11 is 0. The minimum absolute atomic E-state index is 0.0599. The molecule has 0 spiro atoms. The standard InChI is InChI=1S/C20H21F3N6O2/c1-11-9-12(2)29-19(25-11)27-17(28-29)18(30)26-14-4-6-15(7-5-14)31-16-8-3-13(10-24-16)20(21,22)23/h3,8-10,14-15H,4-7H2,1-2H3,(H,26,30). The van der Waals surface area contributed by atoms with Crippen molar-refractivity contribution in [3.63, 3.8) is 0 Å². The summed E-state index contributed by atoms with van der Waals surface area (Å²) in [6.45, 7) is 3.72. The number of pyridine rings is 1. The maximum Gasteiger partial charge on any atom is 0.417 e. The Kier molecular flexibility index (Phi) is 5.50. The van der Waals surface area contributed by atoms with Gasteiger partial charge in [-0.3, -0.25) is 4.79 Å². The van der Waals surface area contributed by atoms with Gasteiger partial charge in [0.25, 0.3) is 11.7 Å². The molecule has 1 saturated carbocycles. The Morgan fingerprint density at radius 3 is 2.55 bits per heavy atom. The molecule has 31 heavy (non-hydrogen) atoms. The molecule has 1 amide bonds. The van der Waals surface area contributed by atoms with Gasteiger partial charge >= 0.3 is 6.18 Å². The Labute approximate surface area is 175 Å². The van der Waals surface area contributed by atoms with Crippen LogP contribution in [0.2, 0.25) is 0 Å². The van der Waals surface area contributed by atoms with Gasteiger partial charge in [0, 0.05) is 29.7 Å². The number of aryl methyl sites for hydroxylation is 2. The molecule has 3 heterocycles. The zero-order valence-corrected chi connectivity index (χ0v) is 17.0. The number of hydrogen-bond donors (Lipinski definition) is 1. The van der Waals surface area contributed by atoms with Crippen LogP contribution in [0.4, 0.5) is 13.2 Å². The minimum atomic E-state index is -4.43. The van der Waals surface area contributed by atoms with E-state index in [0.717, 1.165) is 23.7 Å². The van der Waals surface area contributed by atoms with Crippen LogP contribution in [0.1, 0.15) is 53.3 Å². The molecule has 0 atom stereocenters. The zero-order valence-electron chi connectivity index (χ0n) is 17.0. The fourth-order valence-electron chi connectivity index (χ4n) is 3.63. The maximum atomic E-state index is 12.6. The maximum absolute atomic E-state index is 12.6. The molecule has 0 aliphatic heterocycles. The van der Waals surface area contributed by atoms with Crippen molar-refractivity contribution in [3.8, 4) is 5.88 Å². The largest absolute Gasteiger partial charge is 0.474 e. The van der Waals surface area contributed by atoms with Crippen molar-refractivity contribution in [2.75, 3.05) is 0 Å². The van der Waals surface area contributed by atoms with E-state index in [9.17, 15) is 18.0 Å². The fraction of sp³-hybridized carbons (Fsp3) is 0.450. The van der Waals surface area contributed by atoms with Crippen molar-refractivity contribution in [1.29, 1.82) is 0 Å². The molecule has 1 fully saturated rings. The number of alkyl halides is 3. The van der Waals surface area contributed by atoms with Crippen LogP contribution >= 0.6 is 0 Å². The van der Waals surface area contributed by atoms with E-state index >= 15 is 0 Å². The van der Waals surface area contributed by atoms with Gasteiger partial charge in [-0.15, -0.1) is 5.10 Å². The molecule has 1 N–H and O–H groups in total. The van der Waals surface area contributed by atoms with Crippen LogP contribution in [0.5, 0.6) is 5.88 Å². The second-order valence-electron chi connectivity index (χ2n) is 7.63. The highest BCUT2D eigenvalue weighted by Gasteiger charge is 2.31. The Morgan fingerprint density at radius 1 is 1.16 bits per heavy atom. The topological polar surface area (TPSA) is 94.3 Å². The summed E-state index contributed by atoms with van der Waals surface area (Å²) in [5.74, 6) is 0.237. The van der Waals surface area contributed by atoms with Crippen LogP contribution in [0.3, 0.4) is 0 Å². The third-order valence-corrected chi connectivity index (χ3v) is 5.18. The molecule has 0 unspecified atom stereocenters. The van der Waals surface area contributed by atoms with E-state index in [0.29, 0.717) is 31.5 Å². The lowest BCUT2D eigenvalue weighted by molar-refractivity contribution is -0.137. The van der Waals surface area contributed by atoms with Crippen LogP contribution in [-0.4, -0.2) is 42.6 Å². The van der Waals surface area contributed by atoms with Crippen LogP contribution in [0, 0.1) is 13.8 Å². The lowest BCUT2D eigenvalue weighted by Gasteiger charge is -2.28. The molecule has 0 aromatic carbocycles. The Hall–Kier alpha value is -3.24. The molecule has 1 aliphatic carbocycles. The number of amides is 1. The van der Waals surface area contributed by atoms with E-state index in [1.54, 1.807) is 0 Å². The summed E-state index contributed by atoms with van der Waals surface area (Å²) in [6, 6.07) is 3.98. The van der Waals surface area contributed by atoms with Gasteiger partial charge in [-0.25, -0.2) is 14.5 Å². The second-order valence-corrected chi connectivity index (χ2v) is 7.63. The number of aromatic nitrogens is 5. The highest BCUT2D eigenvalue weighted by Crippen LogP contribution is 2.30. The number of nitrogens with one attached hydrogen (secondary N) is 1. The van der Waals surface area contributed by atoms with Crippen LogP contribution in [0.15, 0.2) is 24.4 Å². The molecular formula is C20H21F3N6O2. The molecule has 164 valence electrons. The van der Waals surface area contributed by atoms with Crippen molar-refractivity contribution in [1.82, 2.24) is 29.9 Å². The van der Waals surface area contributed by atoms with Crippen molar-refractivity contribution in [3.05, 3.63) is 47.2 Å². The molecular weight excluding hydrogens is 413 g/mol. The van der Waals surface area contributed by atoms with Crippen molar-refractivity contribution < 1.29 is 22.7 Å². The predicted octanol–water partition coefficient (Wildman–Crippen LogP) is 3.27. The van der Waals surface area contributed by atoms with Crippen molar-refractivity contribution in [2.45, 2.75) is 57.9 Å². The fourth-order valence-corrected chi connectivity index (χ4v) is 3.63. The number of carbonyl (C=O) groups is 1. The SMILES string of the molecule is Cc1cc(C)n2nc(C(=O)NC3CCC(Oc4ccc(C(F)(F)F)cn4)CC3)nc2n1. The quantitative estimate of drug-likeness (QED) is 0.677. The van der Waals surface area contributed by atoms with Gasteiger partial charge in [0.1, 0.15) is 6.10 Å². The highest BCUT2D eigenvalue weighted by atomic mass is 19.4.